The Morgan fingerprint density at radius 3 is 2.92 bits per heavy atom. The Morgan fingerprint density at radius 2 is 2.21 bits per heavy atom. The molecule has 0 amide bonds. The number of hydrogen-bond donors (Lipinski definition) is 2. The molecule has 8 heteroatoms. The average molecular weight is 343 g/mol. The summed E-state index contributed by atoms with van der Waals surface area (Å²) in [6.07, 6.45) is 5.28. The van der Waals surface area contributed by atoms with Gasteiger partial charge in [-0.1, -0.05) is 13.0 Å². The van der Waals surface area contributed by atoms with E-state index in [2.05, 4.69) is 20.9 Å². The van der Waals surface area contributed by atoms with Crippen LogP contribution in [-0.4, -0.2) is 23.2 Å². The van der Waals surface area contributed by atoms with Crippen molar-refractivity contribution in [2.45, 2.75) is 31.7 Å². The predicted molar refractivity (Wildman–Crippen MR) is 91.1 cm³/mol. The van der Waals surface area contributed by atoms with Gasteiger partial charge in [0.05, 0.1) is 23.0 Å². The van der Waals surface area contributed by atoms with Gasteiger partial charge in [-0.05, 0) is 25.0 Å². The van der Waals surface area contributed by atoms with E-state index in [1.54, 1.807) is 23.0 Å². The highest BCUT2D eigenvalue weighted by atomic mass is 32.2. The van der Waals surface area contributed by atoms with Crippen molar-refractivity contribution in [3.05, 3.63) is 41.9 Å². The van der Waals surface area contributed by atoms with Crippen LogP contribution < -0.4 is 4.72 Å². The summed E-state index contributed by atoms with van der Waals surface area (Å²) < 4.78 is 29.3. The van der Waals surface area contributed by atoms with Gasteiger partial charge in [-0.25, -0.2) is 8.42 Å². The molecule has 0 aliphatic carbocycles. The molecule has 0 aliphatic heterocycles. The van der Waals surface area contributed by atoms with Crippen molar-refractivity contribution in [3.63, 3.8) is 0 Å². The molecule has 0 radical (unpaired) electrons. The third kappa shape index (κ3) is 2.74. The number of nitriles is 1. The Bertz CT molecular complexity index is 1040. The number of fused-ring (bicyclic) bond motifs is 1. The molecule has 0 fully saturated rings. The summed E-state index contributed by atoms with van der Waals surface area (Å²) in [6.45, 7) is 4.53. The van der Waals surface area contributed by atoms with Crippen molar-refractivity contribution in [1.29, 1.82) is 5.26 Å². The summed E-state index contributed by atoms with van der Waals surface area (Å²) in [6, 6.07) is 5.58. The second-order valence-electron chi connectivity index (χ2n) is 5.54. The summed E-state index contributed by atoms with van der Waals surface area (Å²) in [4.78, 5) is 3.09. The molecule has 0 unspecified atom stereocenters. The Balaban J connectivity index is 2.01. The first-order chi connectivity index (χ1) is 11.5. The van der Waals surface area contributed by atoms with E-state index in [1.807, 2.05) is 13.8 Å². The van der Waals surface area contributed by atoms with Crippen LogP contribution in [0.15, 0.2) is 35.6 Å². The molecule has 0 aliphatic rings. The third-order valence-corrected chi connectivity index (χ3v) is 5.10. The maximum atomic E-state index is 12.6. The van der Waals surface area contributed by atoms with E-state index in [9.17, 15) is 13.7 Å². The standard InChI is InChI=1S/C16H17N5O2S/c1-3-6-21-10-13(9-19-21)24(22,23)20-14-5-4-11(2)15-12(7-17)8-18-16(14)15/h4-5,8-10,18,20H,3,6H2,1-2H3. The highest BCUT2D eigenvalue weighted by Gasteiger charge is 2.19. The number of aromatic nitrogens is 3. The zero-order valence-electron chi connectivity index (χ0n) is 13.4. The zero-order chi connectivity index (χ0) is 17.3. The molecule has 2 aromatic heterocycles. The first-order valence-corrected chi connectivity index (χ1v) is 9.00. The normalized spacial score (nSPS) is 11.5. The monoisotopic (exact) mass is 343 g/mol. The van der Waals surface area contributed by atoms with E-state index in [0.29, 0.717) is 23.3 Å². The maximum absolute atomic E-state index is 12.6. The van der Waals surface area contributed by atoms with Gasteiger partial charge in [0.1, 0.15) is 11.0 Å². The number of nitrogens with zero attached hydrogens (tertiary/aromatic N) is 3. The largest absolute Gasteiger partial charge is 0.358 e. The van der Waals surface area contributed by atoms with Crippen molar-refractivity contribution < 1.29 is 8.42 Å². The first kappa shape index (κ1) is 16.1. The van der Waals surface area contributed by atoms with Crippen LogP contribution in [0.1, 0.15) is 24.5 Å². The van der Waals surface area contributed by atoms with E-state index >= 15 is 0 Å². The molecule has 0 saturated heterocycles. The second kappa shape index (κ2) is 6.02. The zero-order valence-corrected chi connectivity index (χ0v) is 14.2. The molecule has 0 spiro atoms. The summed E-state index contributed by atoms with van der Waals surface area (Å²) in [7, 11) is -3.75. The van der Waals surface area contributed by atoms with Gasteiger partial charge in [-0.2, -0.15) is 10.4 Å². The Kier molecular flexibility index (Phi) is 4.03. The molecule has 24 heavy (non-hydrogen) atoms. The molecular weight excluding hydrogens is 326 g/mol. The highest BCUT2D eigenvalue weighted by molar-refractivity contribution is 7.92. The van der Waals surface area contributed by atoms with Gasteiger partial charge >= 0.3 is 0 Å². The molecule has 7 nitrogen and oxygen atoms in total. The maximum Gasteiger partial charge on any atom is 0.265 e. The molecule has 3 rings (SSSR count). The lowest BCUT2D eigenvalue weighted by molar-refractivity contribution is 0.595. The van der Waals surface area contributed by atoms with Crippen LogP contribution >= 0.6 is 0 Å². The average Bonchev–Trinajstić information content (AvgIpc) is 3.18. The van der Waals surface area contributed by atoms with Crippen LogP contribution in [0.4, 0.5) is 5.69 Å². The second-order valence-corrected chi connectivity index (χ2v) is 7.22. The van der Waals surface area contributed by atoms with Gasteiger partial charge in [0.15, 0.2) is 0 Å². The number of hydrogen-bond acceptors (Lipinski definition) is 4. The highest BCUT2D eigenvalue weighted by Crippen LogP contribution is 2.29. The van der Waals surface area contributed by atoms with E-state index in [0.717, 1.165) is 17.4 Å². The molecular formula is C16H17N5O2S. The number of anilines is 1. The van der Waals surface area contributed by atoms with Crippen LogP contribution in [0.3, 0.4) is 0 Å². The fourth-order valence-electron chi connectivity index (χ4n) is 2.63. The lowest BCUT2D eigenvalue weighted by Crippen LogP contribution is -2.12. The topological polar surface area (TPSA) is 104 Å². The van der Waals surface area contributed by atoms with E-state index in [1.165, 1.54) is 12.4 Å². The number of aryl methyl sites for hydroxylation is 2. The van der Waals surface area contributed by atoms with Gasteiger partial charge in [-0.15, -0.1) is 0 Å². The van der Waals surface area contributed by atoms with Gasteiger partial charge in [0.25, 0.3) is 10.0 Å². The molecule has 2 N–H and O–H groups in total. The molecule has 124 valence electrons. The van der Waals surface area contributed by atoms with Crippen LogP contribution in [-0.2, 0) is 16.6 Å². The van der Waals surface area contributed by atoms with E-state index in [4.69, 9.17) is 0 Å². The minimum Gasteiger partial charge on any atom is -0.358 e. The van der Waals surface area contributed by atoms with Crippen LogP contribution in [0.25, 0.3) is 10.9 Å². The number of rotatable bonds is 5. The fraction of sp³-hybridized carbons (Fsp3) is 0.250. The summed E-state index contributed by atoms with van der Waals surface area (Å²) in [5.41, 5.74) is 2.39. The van der Waals surface area contributed by atoms with Crippen LogP contribution in [0, 0.1) is 18.3 Å². The quantitative estimate of drug-likeness (QED) is 0.743. The summed E-state index contributed by atoms with van der Waals surface area (Å²) in [5.74, 6) is 0. The van der Waals surface area contributed by atoms with E-state index < -0.39 is 10.0 Å². The lowest BCUT2D eigenvalue weighted by Gasteiger charge is -2.09. The van der Waals surface area contributed by atoms with Gasteiger partial charge in [0, 0.05) is 24.3 Å². The molecule has 3 aromatic rings. The fourth-order valence-corrected chi connectivity index (χ4v) is 3.66. The van der Waals surface area contributed by atoms with Crippen molar-refractivity contribution in [3.8, 4) is 6.07 Å². The molecule has 2 heterocycles. The smallest absolute Gasteiger partial charge is 0.265 e. The Hall–Kier alpha value is -2.79. The first-order valence-electron chi connectivity index (χ1n) is 7.52. The van der Waals surface area contributed by atoms with Gasteiger partial charge in [0.2, 0.25) is 0 Å². The molecule has 0 saturated carbocycles. The van der Waals surface area contributed by atoms with Crippen molar-refractivity contribution in [1.82, 2.24) is 14.8 Å². The van der Waals surface area contributed by atoms with Crippen LogP contribution in [0.2, 0.25) is 0 Å². The SMILES string of the molecule is CCCn1cc(S(=O)(=O)Nc2ccc(C)c3c(C#N)c[nH]c23)cn1. The number of H-pyrrole nitrogens is 1. The van der Waals surface area contributed by atoms with Crippen molar-refractivity contribution in [2.24, 2.45) is 0 Å². The van der Waals surface area contributed by atoms with Crippen molar-refractivity contribution >= 4 is 26.6 Å². The Labute approximate surface area is 140 Å². The number of aromatic amines is 1. The van der Waals surface area contributed by atoms with Crippen molar-refractivity contribution in [2.75, 3.05) is 4.72 Å². The molecule has 0 bridgehead atoms. The summed E-state index contributed by atoms with van der Waals surface area (Å²) in [5, 5.41) is 14.0. The number of sulfonamides is 1. The van der Waals surface area contributed by atoms with Crippen LogP contribution in [0.5, 0.6) is 0 Å². The molecule has 0 atom stereocenters. The lowest BCUT2D eigenvalue weighted by atomic mass is 10.1. The summed E-state index contributed by atoms with van der Waals surface area (Å²) >= 11 is 0. The van der Waals surface area contributed by atoms with E-state index in [-0.39, 0.29) is 4.90 Å². The van der Waals surface area contributed by atoms with Gasteiger partial charge < -0.3 is 4.98 Å². The third-order valence-electron chi connectivity index (χ3n) is 3.78. The predicted octanol–water partition coefficient (Wildman–Crippen LogP) is 2.76. The van der Waals surface area contributed by atoms with Gasteiger partial charge in [-0.3, -0.25) is 9.40 Å². The molecule has 1 aromatic carbocycles. The minimum atomic E-state index is -3.75. The number of nitrogens with one attached hydrogen (secondary N) is 2. The minimum absolute atomic E-state index is 0.108. The Morgan fingerprint density at radius 1 is 1.42 bits per heavy atom. The number of benzene rings is 1.